The summed E-state index contributed by atoms with van der Waals surface area (Å²) in [5.41, 5.74) is 3.70. The van der Waals surface area contributed by atoms with Crippen LogP contribution in [0.5, 0.6) is 0 Å². The fourth-order valence-electron chi connectivity index (χ4n) is 2.00. The third kappa shape index (κ3) is 3.44. The molecule has 0 aliphatic rings. The Balaban J connectivity index is 2.23. The van der Waals surface area contributed by atoms with Crippen LogP contribution in [0.15, 0.2) is 45.8 Å². The van der Waals surface area contributed by atoms with Crippen molar-refractivity contribution < 1.29 is 4.79 Å². The van der Waals surface area contributed by atoms with E-state index in [1.165, 1.54) is 0 Å². The molecule has 0 aliphatic carbocycles. The first-order valence-corrected chi connectivity index (χ1v) is 8.25. The van der Waals surface area contributed by atoms with E-state index in [9.17, 15) is 4.79 Å². The van der Waals surface area contributed by atoms with Gasteiger partial charge in [-0.3, -0.25) is 4.79 Å². The Labute approximate surface area is 132 Å². The van der Waals surface area contributed by atoms with Crippen molar-refractivity contribution in [2.45, 2.75) is 18.7 Å². The highest BCUT2D eigenvalue weighted by Gasteiger charge is 2.11. The highest BCUT2D eigenvalue weighted by atomic mass is 79.9. The fourth-order valence-corrected chi connectivity index (χ4v) is 3.18. The Morgan fingerprint density at radius 2 is 1.80 bits per heavy atom. The second kappa shape index (κ2) is 6.46. The van der Waals surface area contributed by atoms with E-state index in [1.54, 1.807) is 11.8 Å². The minimum atomic E-state index is -0.0923. The summed E-state index contributed by atoms with van der Waals surface area (Å²) in [6.07, 6.45) is 2.02. The molecule has 1 N–H and O–H groups in total. The molecule has 0 aliphatic heterocycles. The molecule has 0 fully saturated rings. The van der Waals surface area contributed by atoms with Crippen molar-refractivity contribution in [2.75, 3.05) is 11.6 Å². The molecule has 0 saturated heterocycles. The largest absolute Gasteiger partial charge is 0.321 e. The lowest BCUT2D eigenvalue weighted by Crippen LogP contribution is -2.13. The monoisotopic (exact) mass is 349 g/mol. The first kappa shape index (κ1) is 15.1. The van der Waals surface area contributed by atoms with Gasteiger partial charge in [0, 0.05) is 14.9 Å². The predicted molar refractivity (Wildman–Crippen MR) is 89.8 cm³/mol. The summed E-state index contributed by atoms with van der Waals surface area (Å²) in [5, 5.41) is 2.97. The van der Waals surface area contributed by atoms with E-state index in [2.05, 4.69) is 27.3 Å². The van der Waals surface area contributed by atoms with Gasteiger partial charge in [-0.25, -0.2) is 0 Å². The van der Waals surface area contributed by atoms with Gasteiger partial charge in [-0.15, -0.1) is 11.8 Å². The molecule has 0 radical (unpaired) electrons. The van der Waals surface area contributed by atoms with Crippen LogP contribution in [0.4, 0.5) is 5.69 Å². The summed E-state index contributed by atoms with van der Waals surface area (Å²) in [6, 6.07) is 11.7. The summed E-state index contributed by atoms with van der Waals surface area (Å²) >= 11 is 5.16. The summed E-state index contributed by atoms with van der Waals surface area (Å²) in [6.45, 7) is 4.02. The minimum Gasteiger partial charge on any atom is -0.321 e. The summed E-state index contributed by atoms with van der Waals surface area (Å²) in [5.74, 6) is -0.0923. The van der Waals surface area contributed by atoms with Gasteiger partial charge in [0.05, 0.1) is 5.69 Å². The Hall–Kier alpha value is -1.26. The van der Waals surface area contributed by atoms with Crippen molar-refractivity contribution in [3.05, 3.63) is 57.6 Å². The molecule has 2 nitrogen and oxygen atoms in total. The first-order valence-electron chi connectivity index (χ1n) is 6.23. The average Bonchev–Trinajstić information content (AvgIpc) is 2.42. The molecule has 2 aromatic carbocycles. The van der Waals surface area contributed by atoms with Crippen LogP contribution in [0.3, 0.4) is 0 Å². The van der Waals surface area contributed by atoms with Crippen LogP contribution in [0.1, 0.15) is 21.5 Å². The lowest BCUT2D eigenvalue weighted by atomic mass is 10.1. The Bertz CT molecular complexity index is 614. The second-order valence-electron chi connectivity index (χ2n) is 4.62. The standard InChI is InChI=1S/C16H16BrNOS/c1-10-8-11(2)15(14(17)9-10)18-16(19)12-4-6-13(20-3)7-5-12/h4-9H,1-3H3,(H,18,19). The van der Waals surface area contributed by atoms with E-state index < -0.39 is 0 Å². The molecule has 0 heterocycles. The Kier molecular flexibility index (Phi) is 4.89. The van der Waals surface area contributed by atoms with Crippen molar-refractivity contribution >= 4 is 39.3 Å². The molecule has 0 unspecified atom stereocenters. The lowest BCUT2D eigenvalue weighted by Gasteiger charge is -2.12. The number of carbonyl (C=O) groups excluding carboxylic acids is 1. The van der Waals surface area contributed by atoms with Gasteiger partial charge in [-0.2, -0.15) is 0 Å². The highest BCUT2D eigenvalue weighted by molar-refractivity contribution is 9.10. The average molecular weight is 350 g/mol. The predicted octanol–water partition coefficient (Wildman–Crippen LogP) is 5.04. The molecule has 0 spiro atoms. The van der Waals surface area contributed by atoms with Crippen LogP contribution < -0.4 is 5.32 Å². The van der Waals surface area contributed by atoms with Crippen LogP contribution in [0, 0.1) is 13.8 Å². The molecule has 2 rings (SSSR count). The molecular weight excluding hydrogens is 334 g/mol. The van der Waals surface area contributed by atoms with Gasteiger partial charge in [0.25, 0.3) is 5.91 Å². The van der Waals surface area contributed by atoms with Gasteiger partial charge >= 0.3 is 0 Å². The zero-order chi connectivity index (χ0) is 14.7. The van der Waals surface area contributed by atoms with E-state index in [-0.39, 0.29) is 5.91 Å². The Morgan fingerprint density at radius 1 is 1.15 bits per heavy atom. The maximum Gasteiger partial charge on any atom is 0.255 e. The zero-order valence-electron chi connectivity index (χ0n) is 11.7. The zero-order valence-corrected chi connectivity index (χ0v) is 14.1. The van der Waals surface area contributed by atoms with Crippen molar-refractivity contribution in [1.29, 1.82) is 0 Å². The van der Waals surface area contributed by atoms with Gasteiger partial charge in [0.2, 0.25) is 0 Å². The van der Waals surface area contributed by atoms with Crippen LogP contribution >= 0.6 is 27.7 Å². The van der Waals surface area contributed by atoms with Gasteiger partial charge in [-0.05, 0) is 77.5 Å². The summed E-state index contributed by atoms with van der Waals surface area (Å²) < 4.78 is 0.907. The molecule has 0 bridgehead atoms. The van der Waals surface area contributed by atoms with E-state index in [1.807, 2.05) is 50.4 Å². The number of carbonyl (C=O) groups is 1. The van der Waals surface area contributed by atoms with E-state index >= 15 is 0 Å². The number of hydrogen-bond donors (Lipinski definition) is 1. The van der Waals surface area contributed by atoms with Gasteiger partial charge < -0.3 is 5.32 Å². The molecule has 1 amide bonds. The fraction of sp³-hybridized carbons (Fsp3) is 0.188. The van der Waals surface area contributed by atoms with Crippen LogP contribution in [-0.4, -0.2) is 12.2 Å². The quantitative estimate of drug-likeness (QED) is 0.786. The van der Waals surface area contributed by atoms with Crippen LogP contribution in [0.2, 0.25) is 0 Å². The molecule has 104 valence electrons. The number of nitrogens with one attached hydrogen (secondary N) is 1. The van der Waals surface area contributed by atoms with Gasteiger partial charge in [-0.1, -0.05) is 6.07 Å². The smallest absolute Gasteiger partial charge is 0.255 e. The summed E-state index contributed by atoms with van der Waals surface area (Å²) in [4.78, 5) is 13.4. The molecule has 4 heteroatoms. The number of anilines is 1. The molecular formula is C16H16BrNOS. The second-order valence-corrected chi connectivity index (χ2v) is 6.36. The molecule has 2 aromatic rings. The van der Waals surface area contributed by atoms with Gasteiger partial charge in [0.15, 0.2) is 0 Å². The number of benzene rings is 2. The molecule has 0 aromatic heterocycles. The normalized spacial score (nSPS) is 10.4. The number of amides is 1. The third-order valence-corrected chi connectivity index (χ3v) is 4.39. The number of halogens is 1. The summed E-state index contributed by atoms with van der Waals surface area (Å²) in [7, 11) is 0. The number of aryl methyl sites for hydroxylation is 2. The topological polar surface area (TPSA) is 29.1 Å². The van der Waals surface area contributed by atoms with Crippen molar-refractivity contribution in [3.63, 3.8) is 0 Å². The SMILES string of the molecule is CSc1ccc(C(=O)Nc2c(C)cc(C)cc2Br)cc1. The van der Waals surface area contributed by atoms with Crippen molar-refractivity contribution in [3.8, 4) is 0 Å². The molecule has 20 heavy (non-hydrogen) atoms. The minimum absolute atomic E-state index is 0.0923. The number of rotatable bonds is 3. The van der Waals surface area contributed by atoms with Crippen molar-refractivity contribution in [2.24, 2.45) is 0 Å². The maximum absolute atomic E-state index is 12.3. The molecule has 0 atom stereocenters. The number of hydrogen-bond acceptors (Lipinski definition) is 2. The van der Waals surface area contributed by atoms with Crippen LogP contribution in [-0.2, 0) is 0 Å². The number of thioether (sulfide) groups is 1. The maximum atomic E-state index is 12.3. The first-order chi connectivity index (χ1) is 9.51. The van der Waals surface area contributed by atoms with Crippen molar-refractivity contribution in [1.82, 2.24) is 0 Å². The third-order valence-electron chi connectivity index (χ3n) is 3.02. The van der Waals surface area contributed by atoms with E-state index in [4.69, 9.17) is 0 Å². The van der Waals surface area contributed by atoms with Gasteiger partial charge in [0.1, 0.15) is 0 Å². The molecule has 0 saturated carbocycles. The Morgan fingerprint density at radius 3 is 2.35 bits per heavy atom. The van der Waals surface area contributed by atoms with Crippen LogP contribution in [0.25, 0.3) is 0 Å². The van der Waals surface area contributed by atoms with E-state index in [0.717, 1.165) is 26.2 Å². The highest BCUT2D eigenvalue weighted by Crippen LogP contribution is 2.28. The van der Waals surface area contributed by atoms with E-state index in [0.29, 0.717) is 5.56 Å². The lowest BCUT2D eigenvalue weighted by molar-refractivity contribution is 0.102.